The van der Waals surface area contributed by atoms with E-state index in [1.54, 1.807) is 61.3 Å². The number of hydrogen-bond donors (Lipinski definition) is 6. The molecule has 0 spiro atoms. The number of carbonyl (C=O) groups is 5. The van der Waals surface area contributed by atoms with Crippen LogP contribution in [0.1, 0.15) is 253 Å². The minimum atomic E-state index is -1.04. The summed E-state index contributed by atoms with van der Waals surface area (Å²) in [5.74, 6) is 1.78. The number of halogens is 8. The predicted molar refractivity (Wildman–Crippen MR) is 576 cm³/mol. The van der Waals surface area contributed by atoms with Gasteiger partial charge in [-0.1, -0.05) is 374 Å². The summed E-state index contributed by atoms with van der Waals surface area (Å²) in [6.45, 7) is 40.5. The SMILES string of the molecule is C.C.C.C.C.C1CCNCC1.CC.CC.CC.CC.CC.CC.CC.CC.CCOC(=O)/C=C/N(C)C.CCOC(=O)c1conc1-c1ccccc1.Cl.I.NO.O/N=C(\Cl)c1ccccc1.O/N=C/c1ccccc1.O=C(O)c1conc1-c1ccccc1.O=C(c1conc1-c1ccccc1)N1CCCCC1.O=Cc1ccccc1.[I][V]([I])[I].[I][V][I]. The van der Waals surface area contributed by atoms with Crippen molar-refractivity contribution >= 4 is 189 Å². The summed E-state index contributed by atoms with van der Waals surface area (Å²) >= 11 is 17.6. The normalized spacial score (nSPS) is 9.81. The molecule has 124 heavy (non-hydrogen) atoms. The molecule has 7 N–H and O–H groups in total. The van der Waals surface area contributed by atoms with E-state index >= 15 is 0 Å². The fourth-order valence-corrected chi connectivity index (χ4v) is 8.15. The third kappa shape index (κ3) is 83.9. The summed E-state index contributed by atoms with van der Waals surface area (Å²) < 4.78 is 24.0. The summed E-state index contributed by atoms with van der Waals surface area (Å²) in [6, 6.07) is 55.6. The summed E-state index contributed by atoms with van der Waals surface area (Å²) in [4.78, 5) is 58.8. The van der Waals surface area contributed by atoms with Crippen LogP contribution >= 0.6 is 148 Å². The van der Waals surface area contributed by atoms with Crippen molar-refractivity contribution in [1.29, 1.82) is 0 Å². The number of rotatable bonds is 13. The van der Waals surface area contributed by atoms with Gasteiger partial charge in [0.25, 0.3) is 5.91 Å². The van der Waals surface area contributed by atoms with Gasteiger partial charge < -0.3 is 58.9 Å². The second-order valence-electron chi connectivity index (χ2n) is 19.7. The van der Waals surface area contributed by atoms with Crippen molar-refractivity contribution in [2.24, 2.45) is 16.2 Å². The van der Waals surface area contributed by atoms with Gasteiger partial charge in [-0.25, -0.2) is 20.3 Å². The van der Waals surface area contributed by atoms with Gasteiger partial charge in [0.05, 0.1) is 19.4 Å². The Morgan fingerprint density at radius 1 is 0.532 bits per heavy atom. The van der Waals surface area contributed by atoms with Crippen LogP contribution in [0.2, 0.25) is 0 Å². The molecule has 23 nitrogen and oxygen atoms in total. The average molecular weight is 2530 g/mol. The number of hydrogen-bond acceptors (Lipinski definition) is 21. The van der Waals surface area contributed by atoms with Crippen LogP contribution in [-0.4, -0.2) is 141 Å². The fourth-order valence-electron chi connectivity index (χ4n) is 8.02. The number of aldehydes is 1. The number of benzene rings is 6. The minimum absolute atomic E-state index is 0. The molecule has 0 aliphatic carbocycles. The number of carboxylic acids is 1. The Hall–Kier alpha value is -5.01. The number of aromatic nitrogens is 3. The van der Waals surface area contributed by atoms with Gasteiger partial charge in [-0.15, -0.1) is 36.4 Å². The molecule has 2 saturated heterocycles. The molecule has 2 fully saturated rings. The zero-order valence-corrected chi connectivity index (χ0v) is 89.9. The monoisotopic (exact) mass is 2530 g/mol. The van der Waals surface area contributed by atoms with Crippen molar-refractivity contribution in [3.05, 3.63) is 246 Å². The Labute approximate surface area is 842 Å². The molecular formula is C91H150Cl2I6N9O14V2. The number of nitrogens with one attached hydrogen (secondary N) is 1. The number of ether oxygens (including phenoxy) is 2. The van der Waals surface area contributed by atoms with Crippen LogP contribution in [0, 0.1) is 0 Å². The van der Waals surface area contributed by atoms with Crippen molar-refractivity contribution in [3.8, 4) is 33.8 Å². The third-order valence-corrected chi connectivity index (χ3v) is 12.8. The first-order valence-electron chi connectivity index (χ1n) is 38.5. The van der Waals surface area contributed by atoms with Crippen LogP contribution in [0.5, 0.6) is 0 Å². The average Bonchev–Trinajstić information content (AvgIpc) is 1.69. The Kier molecular flexibility index (Phi) is 148. The summed E-state index contributed by atoms with van der Waals surface area (Å²) in [5, 5.41) is 52.2. The van der Waals surface area contributed by atoms with E-state index in [-0.39, 0.29) is 101 Å². The molecule has 5 heterocycles. The fraction of sp³-hybridized carbons (Fsp3) is 0.407. The molecule has 2 aliphatic heterocycles. The summed E-state index contributed by atoms with van der Waals surface area (Å²) in [5.41, 5.74) is 7.33. The van der Waals surface area contributed by atoms with Crippen LogP contribution in [0.15, 0.2) is 237 Å². The van der Waals surface area contributed by atoms with E-state index < -0.39 is 11.9 Å². The van der Waals surface area contributed by atoms with Gasteiger partial charge in [-0.05, 0) is 64.6 Å². The molecule has 33 heteroatoms. The Bertz CT molecular complexity index is 3690. The van der Waals surface area contributed by atoms with Crippen molar-refractivity contribution < 1.29 is 82.1 Å². The Balaban J connectivity index is -0.0000000817. The molecule has 0 saturated carbocycles. The number of likely N-dealkylation sites (tertiary alicyclic amines) is 1. The van der Waals surface area contributed by atoms with E-state index in [0.717, 1.165) is 66.3 Å². The van der Waals surface area contributed by atoms with Gasteiger partial charge >= 0.3 is 132 Å². The number of nitrogens with two attached hydrogens (primary N) is 1. The van der Waals surface area contributed by atoms with Crippen LogP contribution in [0.4, 0.5) is 0 Å². The Morgan fingerprint density at radius 3 is 1.13 bits per heavy atom. The molecule has 9 aromatic rings. The molecule has 0 unspecified atom stereocenters. The van der Waals surface area contributed by atoms with E-state index in [1.165, 1.54) is 63.6 Å². The standard InChI is InChI=1S/C15H16N2O2.C12H11NO3.C10H7NO3.C7H6ClNO.C7H13NO2.C7H7NO.C7H6O.C5H11N.8C2H6.5CH4.ClH.6HI.H3NO.2V/c18-15(17-9-5-2-6-10-17)13-11-19-16-14(13)12-7-3-1-4-8-12;1-2-15-12(14)10-8-16-13-11(10)9-6-4-3-5-7-9;12-10(13)8-6-14-11-9(8)7-4-2-1-3-5-7;8-7(9-10)6-4-2-1-3-5-6;1-4-10-7(9)5-6-8(2)3;9-8-6-7-4-2-1-3-5-7;8-6-7-4-2-1-3-5-7;1-2-4-6-5-3-1;8*1-2;;;;;;;;;;;;;1-2;;/h1,3-4,7-8,11H,2,5-6,9-10H2;3-8H,2H2,1H3;1-6H,(H,12,13);1-5,10H;5-6H,4H2,1-3H3;1-6,9H;1-6H;6H,1-5H2;8*1-2H3;5*1H4;7*1H;2H,1H2;;/q;;;;;;;;;;;;;;;;;;;;;;;;;;;;;+2;+3/p-5/b;;;9-7-;6-5+;8-6+;;;;;;;;;;;;;;;;;;;;;;;;;. The van der Waals surface area contributed by atoms with Gasteiger partial charge in [0, 0.05) is 67.3 Å². The predicted octanol–water partition coefficient (Wildman–Crippen LogP) is 30.2. The first kappa shape index (κ1) is 153. The second kappa shape index (κ2) is 120. The van der Waals surface area contributed by atoms with Crippen molar-refractivity contribution in [3.63, 3.8) is 0 Å². The number of carboxylic acid groups (broad SMARTS) is 1. The van der Waals surface area contributed by atoms with Gasteiger partial charge in [0.2, 0.25) is 0 Å². The van der Waals surface area contributed by atoms with E-state index in [2.05, 4.69) is 146 Å². The number of piperidine rings is 2. The van der Waals surface area contributed by atoms with Crippen LogP contribution in [-0.2, 0) is 28.7 Å². The molecule has 709 valence electrons. The van der Waals surface area contributed by atoms with Crippen LogP contribution < -0.4 is 11.2 Å². The molecule has 1 amide bonds. The number of carbonyl (C=O) groups excluding carboxylic acids is 4. The zero-order valence-electron chi connectivity index (χ0n) is 72.4. The summed E-state index contributed by atoms with van der Waals surface area (Å²) in [6.07, 6.45) is 16.7. The number of amides is 1. The van der Waals surface area contributed by atoms with E-state index in [4.69, 9.17) is 46.1 Å². The molecule has 0 radical (unpaired) electrons. The Morgan fingerprint density at radius 2 is 0.839 bits per heavy atom. The van der Waals surface area contributed by atoms with Gasteiger partial charge in [0.1, 0.15) is 58.8 Å². The second-order valence-corrected chi connectivity index (χ2v) is 67.3. The number of nitrogens with zero attached hydrogens (tertiary/aromatic N) is 7. The molecule has 3 aromatic heterocycles. The number of aromatic carboxylic acids is 1. The molecule has 6 aromatic carbocycles. The first-order chi connectivity index (χ1) is 57.0. The maximum absolute atomic E-state index is 12.5. The molecule has 2 aliphatic rings. The number of esters is 2. The van der Waals surface area contributed by atoms with Crippen molar-refractivity contribution in [1.82, 2.24) is 30.6 Å². The first-order valence-corrected chi connectivity index (χ1v) is 61.4. The summed E-state index contributed by atoms with van der Waals surface area (Å²) in [7, 11) is 4.31. The maximum atomic E-state index is 12.5. The van der Waals surface area contributed by atoms with E-state index in [0.29, 0.717) is 56.5 Å². The molecule has 11 rings (SSSR count). The van der Waals surface area contributed by atoms with Crippen molar-refractivity contribution in [2.45, 2.75) is 200 Å². The van der Waals surface area contributed by atoms with Gasteiger partial charge in [0.15, 0.2) is 5.17 Å². The molecular weight excluding hydrogens is 2380 g/mol. The van der Waals surface area contributed by atoms with Crippen molar-refractivity contribution in [2.75, 3.05) is 53.5 Å². The third-order valence-electron chi connectivity index (χ3n) is 12.5. The van der Waals surface area contributed by atoms with Gasteiger partial charge in [-0.3, -0.25) is 9.59 Å². The molecule has 0 bridgehead atoms. The van der Waals surface area contributed by atoms with Gasteiger partial charge in [-0.2, -0.15) is 0 Å². The number of oxime groups is 2. The zero-order chi connectivity index (χ0) is 90.7. The van der Waals surface area contributed by atoms with E-state index in [1.807, 2.05) is 275 Å². The topological polar surface area (TPSA) is 332 Å². The van der Waals surface area contributed by atoms with Crippen LogP contribution in [0.25, 0.3) is 33.8 Å². The van der Waals surface area contributed by atoms with Crippen LogP contribution in [0.3, 0.4) is 0 Å². The van der Waals surface area contributed by atoms with E-state index in [9.17, 15) is 24.0 Å². The quantitative estimate of drug-likeness (QED) is 0.0119. The molecule has 0 atom stereocenters.